The second-order valence-corrected chi connectivity index (χ2v) is 7.33. The van der Waals surface area contributed by atoms with Crippen molar-refractivity contribution in [3.05, 3.63) is 23.2 Å². The van der Waals surface area contributed by atoms with Gasteiger partial charge in [0.2, 0.25) is 10.0 Å². The molecule has 5 nitrogen and oxygen atoms in total. The summed E-state index contributed by atoms with van der Waals surface area (Å²) in [4.78, 5) is 0.117. The third kappa shape index (κ3) is 3.25. The number of nitrogens with two attached hydrogens (primary N) is 1. The summed E-state index contributed by atoms with van der Waals surface area (Å²) in [5, 5.41) is 0.166. The van der Waals surface area contributed by atoms with E-state index < -0.39 is 10.0 Å². The van der Waals surface area contributed by atoms with Crippen molar-refractivity contribution in [1.29, 1.82) is 0 Å². The number of halogens is 1. The van der Waals surface area contributed by atoms with Crippen LogP contribution in [0.4, 0.5) is 5.69 Å². The van der Waals surface area contributed by atoms with E-state index in [0.29, 0.717) is 25.4 Å². The highest BCUT2D eigenvalue weighted by molar-refractivity contribution is 7.89. The lowest BCUT2D eigenvalue weighted by molar-refractivity contribution is 0.118. The number of anilines is 1. The van der Waals surface area contributed by atoms with E-state index in [4.69, 9.17) is 22.1 Å². The summed E-state index contributed by atoms with van der Waals surface area (Å²) in [6, 6.07) is 4.48. The first-order valence-electron chi connectivity index (χ1n) is 6.49. The molecule has 0 aromatic heterocycles. The van der Waals surface area contributed by atoms with E-state index in [0.717, 1.165) is 12.8 Å². The highest BCUT2D eigenvalue weighted by atomic mass is 35.5. The molecule has 1 unspecified atom stereocenters. The molecule has 1 atom stereocenters. The van der Waals surface area contributed by atoms with Crippen LogP contribution in [0.15, 0.2) is 23.1 Å². The van der Waals surface area contributed by atoms with Crippen molar-refractivity contribution in [2.45, 2.75) is 17.7 Å². The lowest BCUT2D eigenvalue weighted by atomic mass is 10.0. The third-order valence-electron chi connectivity index (χ3n) is 3.46. The minimum absolute atomic E-state index is 0.117. The standard InChI is InChI=1S/C13H19ClN2O3S/c1-19-9-10-3-2-6-16(8-10)20(17,18)13-5-4-11(15)7-12(13)14/h4-5,7,10H,2-3,6,8-9,15H2,1H3. The maximum atomic E-state index is 12.6. The average Bonchev–Trinajstić information content (AvgIpc) is 2.39. The molecule has 2 rings (SSSR count). The van der Waals surface area contributed by atoms with Gasteiger partial charge < -0.3 is 10.5 Å². The minimum Gasteiger partial charge on any atom is -0.399 e. The Morgan fingerprint density at radius 1 is 1.50 bits per heavy atom. The molecule has 1 saturated heterocycles. The van der Waals surface area contributed by atoms with E-state index >= 15 is 0 Å². The van der Waals surface area contributed by atoms with E-state index in [1.54, 1.807) is 13.2 Å². The number of sulfonamides is 1. The zero-order valence-electron chi connectivity index (χ0n) is 11.4. The fourth-order valence-electron chi connectivity index (χ4n) is 2.48. The van der Waals surface area contributed by atoms with Crippen LogP contribution in [-0.2, 0) is 14.8 Å². The number of ether oxygens (including phenoxy) is 1. The van der Waals surface area contributed by atoms with Gasteiger partial charge in [-0.25, -0.2) is 8.42 Å². The van der Waals surface area contributed by atoms with Crippen molar-refractivity contribution in [3.8, 4) is 0 Å². The van der Waals surface area contributed by atoms with Gasteiger partial charge in [-0.1, -0.05) is 11.6 Å². The predicted molar refractivity (Wildman–Crippen MR) is 79.2 cm³/mol. The fourth-order valence-corrected chi connectivity index (χ4v) is 4.56. The fraction of sp³-hybridized carbons (Fsp3) is 0.538. The van der Waals surface area contributed by atoms with E-state index in [-0.39, 0.29) is 15.8 Å². The average molecular weight is 319 g/mol. The van der Waals surface area contributed by atoms with Gasteiger partial charge >= 0.3 is 0 Å². The Balaban J connectivity index is 2.25. The highest BCUT2D eigenvalue weighted by Crippen LogP contribution is 2.29. The number of methoxy groups -OCH3 is 1. The smallest absolute Gasteiger partial charge is 0.244 e. The maximum Gasteiger partial charge on any atom is 0.244 e. The molecule has 112 valence electrons. The van der Waals surface area contributed by atoms with Gasteiger partial charge in [0.1, 0.15) is 4.90 Å². The molecule has 2 N–H and O–H groups in total. The number of nitrogen functional groups attached to an aromatic ring is 1. The van der Waals surface area contributed by atoms with Crippen LogP contribution in [0.3, 0.4) is 0 Å². The SMILES string of the molecule is COCC1CCCN(S(=O)(=O)c2ccc(N)cc2Cl)C1. The van der Waals surface area contributed by atoms with E-state index in [1.807, 2.05) is 0 Å². The van der Waals surface area contributed by atoms with Crippen LogP contribution < -0.4 is 5.73 Å². The van der Waals surface area contributed by atoms with Gasteiger partial charge in [-0.05, 0) is 37.0 Å². The zero-order chi connectivity index (χ0) is 14.8. The van der Waals surface area contributed by atoms with Crippen LogP contribution >= 0.6 is 11.6 Å². The number of hydrogen-bond acceptors (Lipinski definition) is 4. The molecule has 1 aromatic carbocycles. The first-order chi connectivity index (χ1) is 9.45. The number of piperidine rings is 1. The Kier molecular flexibility index (Phi) is 4.90. The molecule has 0 aliphatic carbocycles. The topological polar surface area (TPSA) is 72.6 Å². The molecule has 0 bridgehead atoms. The van der Waals surface area contributed by atoms with Crippen molar-refractivity contribution in [1.82, 2.24) is 4.31 Å². The van der Waals surface area contributed by atoms with Crippen LogP contribution in [0, 0.1) is 5.92 Å². The lowest BCUT2D eigenvalue weighted by Crippen LogP contribution is -2.41. The molecule has 0 radical (unpaired) electrons. The van der Waals surface area contributed by atoms with E-state index in [1.165, 1.54) is 16.4 Å². The summed E-state index contributed by atoms with van der Waals surface area (Å²) < 4.78 is 31.9. The molecular formula is C13H19ClN2O3S. The van der Waals surface area contributed by atoms with Gasteiger partial charge in [0.05, 0.1) is 11.6 Å². The van der Waals surface area contributed by atoms with Crippen LogP contribution in [-0.4, -0.2) is 39.5 Å². The molecule has 20 heavy (non-hydrogen) atoms. The van der Waals surface area contributed by atoms with Gasteiger partial charge in [0.25, 0.3) is 0 Å². The van der Waals surface area contributed by atoms with Gasteiger partial charge in [-0.15, -0.1) is 0 Å². The molecule has 1 heterocycles. The summed E-state index contributed by atoms with van der Waals surface area (Å²) in [5.74, 6) is 0.232. The van der Waals surface area contributed by atoms with Crippen molar-refractivity contribution in [3.63, 3.8) is 0 Å². The summed E-state index contributed by atoms with van der Waals surface area (Å²) in [7, 11) is -1.94. The van der Waals surface area contributed by atoms with Crippen LogP contribution in [0.25, 0.3) is 0 Å². The normalized spacial score (nSPS) is 21.0. The third-order valence-corrected chi connectivity index (χ3v) is 5.81. The summed E-state index contributed by atoms with van der Waals surface area (Å²) in [6.45, 7) is 1.56. The Morgan fingerprint density at radius 3 is 2.90 bits per heavy atom. The second kappa shape index (κ2) is 6.30. The Hall–Kier alpha value is -0.820. The van der Waals surface area contributed by atoms with Gasteiger partial charge in [0, 0.05) is 25.9 Å². The van der Waals surface area contributed by atoms with Crippen LogP contribution in [0.5, 0.6) is 0 Å². The summed E-state index contributed by atoms with van der Waals surface area (Å²) >= 11 is 6.02. The number of nitrogens with zero attached hydrogens (tertiary/aromatic N) is 1. The Morgan fingerprint density at radius 2 is 2.25 bits per heavy atom. The molecule has 0 spiro atoms. The Bertz CT molecular complexity index is 575. The van der Waals surface area contributed by atoms with Crippen LogP contribution in [0.1, 0.15) is 12.8 Å². The summed E-state index contributed by atoms with van der Waals surface area (Å²) in [6.07, 6.45) is 1.81. The number of rotatable bonds is 4. The molecule has 1 aromatic rings. The van der Waals surface area contributed by atoms with Crippen molar-refractivity contribution in [2.24, 2.45) is 5.92 Å². The lowest BCUT2D eigenvalue weighted by Gasteiger charge is -2.31. The van der Waals surface area contributed by atoms with E-state index in [9.17, 15) is 8.42 Å². The molecule has 1 fully saturated rings. The minimum atomic E-state index is -3.57. The second-order valence-electron chi connectivity index (χ2n) is 5.02. The van der Waals surface area contributed by atoms with E-state index in [2.05, 4.69) is 0 Å². The maximum absolute atomic E-state index is 12.6. The number of benzene rings is 1. The monoisotopic (exact) mass is 318 g/mol. The highest BCUT2D eigenvalue weighted by Gasteiger charge is 2.31. The number of hydrogen-bond donors (Lipinski definition) is 1. The molecular weight excluding hydrogens is 300 g/mol. The zero-order valence-corrected chi connectivity index (χ0v) is 13.0. The largest absolute Gasteiger partial charge is 0.399 e. The molecule has 7 heteroatoms. The molecule has 0 saturated carbocycles. The van der Waals surface area contributed by atoms with Gasteiger partial charge in [-0.3, -0.25) is 0 Å². The molecule has 1 aliphatic heterocycles. The first-order valence-corrected chi connectivity index (χ1v) is 8.31. The van der Waals surface area contributed by atoms with Crippen LogP contribution in [0.2, 0.25) is 5.02 Å². The van der Waals surface area contributed by atoms with Gasteiger partial charge in [0.15, 0.2) is 0 Å². The van der Waals surface area contributed by atoms with Gasteiger partial charge in [-0.2, -0.15) is 4.31 Å². The summed E-state index contributed by atoms with van der Waals surface area (Å²) in [5.41, 5.74) is 6.05. The quantitative estimate of drug-likeness (QED) is 0.861. The van der Waals surface area contributed by atoms with Crippen molar-refractivity contribution >= 4 is 27.3 Å². The first kappa shape index (κ1) is 15.6. The molecule has 0 amide bonds. The Labute approximate surface area is 124 Å². The predicted octanol–water partition coefficient (Wildman–Crippen LogP) is 1.97. The van der Waals surface area contributed by atoms with Crippen molar-refractivity contribution < 1.29 is 13.2 Å². The molecule has 1 aliphatic rings. The van der Waals surface area contributed by atoms with Crippen molar-refractivity contribution in [2.75, 3.05) is 32.5 Å².